The second-order valence-corrected chi connectivity index (χ2v) is 17.2. The van der Waals surface area contributed by atoms with Crippen LogP contribution in [0.25, 0.3) is 0 Å². The fraction of sp³-hybridized carbons (Fsp3) is 0.917. The number of rotatable bonds is 8. The van der Waals surface area contributed by atoms with Crippen molar-refractivity contribution in [3.8, 4) is 0 Å². The Labute approximate surface area is 269 Å². The largest absolute Gasteiger partial charge is 0.394 e. The molecule has 5 aliphatic rings. The highest BCUT2D eigenvalue weighted by Gasteiger charge is 2.66. The zero-order valence-corrected chi connectivity index (χ0v) is 28.7. The fourth-order valence-corrected chi connectivity index (χ4v) is 11.1. The van der Waals surface area contributed by atoms with Gasteiger partial charge in [0.05, 0.1) is 18.8 Å². The van der Waals surface area contributed by atoms with E-state index in [-0.39, 0.29) is 51.8 Å². The first kappa shape index (κ1) is 35.4. The van der Waals surface area contributed by atoms with Crippen LogP contribution in [0.2, 0.25) is 0 Å². The van der Waals surface area contributed by atoms with E-state index in [1.165, 1.54) is 13.8 Å². The van der Waals surface area contributed by atoms with E-state index in [1.807, 2.05) is 0 Å². The number of Topliss-reactive ketones (excluding diaryl/α,β-unsaturated/α-hetero) is 1. The Morgan fingerprint density at radius 2 is 1.67 bits per heavy atom. The van der Waals surface area contributed by atoms with Crippen LogP contribution in [0.4, 0.5) is 0 Å². The average molecular weight is 637 g/mol. The van der Waals surface area contributed by atoms with Crippen LogP contribution < -0.4 is 0 Å². The Morgan fingerprint density at radius 3 is 2.29 bits per heavy atom. The lowest BCUT2D eigenvalue weighted by molar-refractivity contribution is -0.326. The average Bonchev–Trinajstić information content (AvgIpc) is 3.24. The summed E-state index contributed by atoms with van der Waals surface area (Å²) in [4.78, 5) is 12.6. The van der Waals surface area contributed by atoms with Crippen LogP contribution in [0.1, 0.15) is 107 Å². The Morgan fingerprint density at radius 1 is 1.00 bits per heavy atom. The molecule has 0 amide bonds. The van der Waals surface area contributed by atoms with E-state index in [4.69, 9.17) is 9.47 Å². The van der Waals surface area contributed by atoms with Gasteiger partial charge in [-0.05, 0) is 104 Å². The molecule has 0 radical (unpaired) electrons. The molecule has 258 valence electrons. The van der Waals surface area contributed by atoms with Crippen LogP contribution in [0.5, 0.6) is 0 Å². The molecule has 6 N–H and O–H groups in total. The monoisotopic (exact) mass is 636 g/mol. The molecule has 3 saturated carbocycles. The SMILES string of the molecule is C[C@H](C(O)CC(=O)C(C)(C)O)[C@H]1CC[C@@]2(C)[C@@H]3CC[C@H]4C(C)(C)[C@@H](O[C@@H]5O[C@H](CO)[C@@H](O)[C@H](O)[C@H]5O)CC[C@]4(C)C3=CC[C@]12C. The van der Waals surface area contributed by atoms with E-state index >= 15 is 0 Å². The molecule has 45 heavy (non-hydrogen) atoms. The zero-order valence-electron chi connectivity index (χ0n) is 28.7. The predicted molar refractivity (Wildman–Crippen MR) is 169 cm³/mol. The highest BCUT2D eigenvalue weighted by atomic mass is 16.7. The molecule has 9 heteroatoms. The van der Waals surface area contributed by atoms with Gasteiger partial charge in [-0.2, -0.15) is 0 Å². The minimum atomic E-state index is -1.46. The first-order valence-electron chi connectivity index (χ1n) is 17.3. The van der Waals surface area contributed by atoms with Crippen molar-refractivity contribution >= 4 is 5.78 Å². The van der Waals surface area contributed by atoms with Gasteiger partial charge in [-0.1, -0.05) is 53.2 Å². The third-order valence-corrected chi connectivity index (χ3v) is 14.3. The Hall–Kier alpha value is -0.910. The van der Waals surface area contributed by atoms with Crippen molar-refractivity contribution in [2.75, 3.05) is 6.61 Å². The minimum Gasteiger partial charge on any atom is -0.394 e. The number of allylic oxidation sites excluding steroid dienone is 2. The molecule has 0 aromatic rings. The second-order valence-electron chi connectivity index (χ2n) is 17.2. The van der Waals surface area contributed by atoms with E-state index < -0.39 is 49.0 Å². The molecule has 14 atom stereocenters. The molecule has 4 aliphatic carbocycles. The van der Waals surface area contributed by atoms with Crippen LogP contribution in [0, 0.1) is 45.3 Å². The van der Waals surface area contributed by atoms with Crippen LogP contribution in [0.3, 0.4) is 0 Å². The van der Waals surface area contributed by atoms with Gasteiger partial charge < -0.3 is 40.1 Å². The van der Waals surface area contributed by atoms with E-state index in [9.17, 15) is 35.4 Å². The number of carbonyl (C=O) groups is 1. The van der Waals surface area contributed by atoms with Crippen molar-refractivity contribution in [2.45, 2.75) is 155 Å². The van der Waals surface area contributed by atoms with E-state index in [1.54, 1.807) is 5.57 Å². The first-order valence-corrected chi connectivity index (χ1v) is 17.3. The van der Waals surface area contributed by atoms with Gasteiger partial charge in [0.2, 0.25) is 0 Å². The number of hydrogen-bond acceptors (Lipinski definition) is 9. The molecule has 0 aromatic heterocycles. The molecule has 1 heterocycles. The molecule has 4 fully saturated rings. The Balaban J connectivity index is 1.35. The smallest absolute Gasteiger partial charge is 0.186 e. The van der Waals surface area contributed by atoms with Crippen LogP contribution in [-0.4, -0.2) is 91.5 Å². The number of aliphatic hydroxyl groups is 6. The number of hydrogen-bond donors (Lipinski definition) is 6. The molecular formula is C36H60O9. The lowest BCUT2D eigenvalue weighted by Crippen LogP contribution is -2.62. The standard InChI is InChI=1S/C36H60O9/c1-19(23(38)17-26(39)33(4,5)43)20-11-15-36(8)22-9-10-25-32(2,3)27(13-14-34(25,6)21(22)12-16-35(20,36)7)45-31-30(42)29(41)28(40)24(18-37)44-31/h12,19-20,22-25,27-31,37-38,40-43H,9-11,13-18H2,1-8H3/t19-,20+,22+,23?,24+,25-,27-,28+,29-,30+,31-,34+,35+,36-/m0/s1. The van der Waals surface area contributed by atoms with E-state index in [0.717, 1.165) is 44.9 Å². The third-order valence-electron chi connectivity index (χ3n) is 14.3. The van der Waals surface area contributed by atoms with Gasteiger partial charge in [0, 0.05) is 6.42 Å². The summed E-state index contributed by atoms with van der Waals surface area (Å²) in [7, 11) is 0. The molecular weight excluding hydrogens is 576 g/mol. The molecule has 1 saturated heterocycles. The van der Waals surface area contributed by atoms with Crippen molar-refractivity contribution in [3.63, 3.8) is 0 Å². The number of ether oxygens (including phenoxy) is 2. The summed E-state index contributed by atoms with van der Waals surface area (Å²) in [5, 5.41) is 62.3. The maximum Gasteiger partial charge on any atom is 0.186 e. The number of aliphatic hydroxyl groups excluding tert-OH is 5. The van der Waals surface area contributed by atoms with Crippen molar-refractivity contribution in [2.24, 2.45) is 45.3 Å². The first-order chi connectivity index (χ1) is 20.7. The maximum absolute atomic E-state index is 12.6. The van der Waals surface area contributed by atoms with Gasteiger partial charge in [0.1, 0.15) is 30.0 Å². The molecule has 0 aromatic carbocycles. The minimum absolute atomic E-state index is 0.0124. The van der Waals surface area contributed by atoms with Crippen molar-refractivity contribution in [3.05, 3.63) is 11.6 Å². The Kier molecular flexibility index (Phi) is 9.36. The van der Waals surface area contributed by atoms with Gasteiger partial charge >= 0.3 is 0 Å². The maximum atomic E-state index is 12.6. The van der Waals surface area contributed by atoms with E-state index in [0.29, 0.717) is 11.8 Å². The second kappa shape index (κ2) is 11.9. The highest BCUT2D eigenvalue weighted by molar-refractivity contribution is 5.86. The van der Waals surface area contributed by atoms with Gasteiger partial charge in [0.25, 0.3) is 0 Å². The molecule has 1 unspecified atom stereocenters. The number of carbonyl (C=O) groups excluding carboxylic acids is 1. The van der Waals surface area contributed by atoms with E-state index in [2.05, 4.69) is 47.6 Å². The summed E-state index contributed by atoms with van der Waals surface area (Å²) >= 11 is 0. The Bertz CT molecular complexity index is 1140. The molecule has 0 bridgehead atoms. The van der Waals surface area contributed by atoms with Gasteiger partial charge in [-0.15, -0.1) is 0 Å². The lowest BCUT2D eigenvalue weighted by atomic mass is 9.41. The summed E-state index contributed by atoms with van der Waals surface area (Å²) in [6.45, 7) is 16.4. The zero-order chi connectivity index (χ0) is 33.5. The quantitative estimate of drug-likeness (QED) is 0.173. The van der Waals surface area contributed by atoms with Gasteiger partial charge in [-0.25, -0.2) is 0 Å². The topological polar surface area (TPSA) is 157 Å². The summed E-state index contributed by atoms with van der Waals surface area (Å²) in [6, 6.07) is 0. The third kappa shape index (κ3) is 5.49. The molecule has 9 nitrogen and oxygen atoms in total. The summed E-state index contributed by atoms with van der Waals surface area (Å²) in [5.41, 5.74) is -0.112. The lowest BCUT2D eigenvalue weighted by Gasteiger charge is -2.64. The fourth-order valence-electron chi connectivity index (χ4n) is 11.1. The summed E-state index contributed by atoms with van der Waals surface area (Å²) in [5.74, 6) is 0.658. The molecule has 5 rings (SSSR count). The van der Waals surface area contributed by atoms with Crippen LogP contribution in [0.15, 0.2) is 11.6 Å². The molecule has 0 spiro atoms. The summed E-state index contributed by atoms with van der Waals surface area (Å²) < 4.78 is 12.2. The normalized spacial score (nSPS) is 47.6. The number of fused-ring (bicyclic) bond motifs is 5. The molecule has 1 aliphatic heterocycles. The highest BCUT2D eigenvalue weighted by Crippen LogP contribution is 2.73. The van der Waals surface area contributed by atoms with Crippen molar-refractivity contribution in [1.82, 2.24) is 0 Å². The summed E-state index contributed by atoms with van der Waals surface area (Å²) in [6.07, 6.45) is 1.88. The van der Waals surface area contributed by atoms with Gasteiger partial charge in [0.15, 0.2) is 12.1 Å². The predicted octanol–water partition coefficient (Wildman–Crippen LogP) is 3.50. The van der Waals surface area contributed by atoms with Crippen molar-refractivity contribution < 1.29 is 44.9 Å². The van der Waals surface area contributed by atoms with Crippen LogP contribution in [-0.2, 0) is 14.3 Å². The van der Waals surface area contributed by atoms with Gasteiger partial charge in [-0.3, -0.25) is 4.79 Å². The van der Waals surface area contributed by atoms with Crippen molar-refractivity contribution in [1.29, 1.82) is 0 Å². The van der Waals surface area contributed by atoms with Crippen LogP contribution >= 0.6 is 0 Å². The number of ketones is 1.